The van der Waals surface area contributed by atoms with Gasteiger partial charge in [0.25, 0.3) is 11.6 Å². The van der Waals surface area contributed by atoms with E-state index in [9.17, 15) is 14.9 Å². The Balaban J connectivity index is 1.77. The van der Waals surface area contributed by atoms with E-state index in [0.29, 0.717) is 29.5 Å². The number of amides is 1. The fourth-order valence-electron chi connectivity index (χ4n) is 3.39. The summed E-state index contributed by atoms with van der Waals surface area (Å²) in [4.78, 5) is 25.5. The third-order valence-corrected chi connectivity index (χ3v) is 6.21. The molecule has 1 fully saturated rings. The number of benzene rings is 2. The minimum absolute atomic E-state index is 0.00201. The predicted molar refractivity (Wildman–Crippen MR) is 105 cm³/mol. The quantitative estimate of drug-likeness (QED) is 0.588. The van der Waals surface area contributed by atoms with Crippen LogP contribution < -0.4 is 0 Å². The van der Waals surface area contributed by atoms with Crippen LogP contribution in [0, 0.1) is 24.0 Å². The molecular weight excluding hydrogens is 348 g/mol. The number of nitrogens with zero attached hydrogens (tertiary/aromatic N) is 2. The van der Waals surface area contributed by atoms with E-state index in [1.54, 1.807) is 19.1 Å². The van der Waals surface area contributed by atoms with E-state index in [1.165, 1.54) is 17.2 Å². The normalized spacial score (nSPS) is 17.6. The molecule has 0 spiro atoms. The molecule has 1 heterocycles. The summed E-state index contributed by atoms with van der Waals surface area (Å²) in [5, 5.41) is 11.5. The van der Waals surface area contributed by atoms with E-state index >= 15 is 0 Å². The van der Waals surface area contributed by atoms with Gasteiger partial charge in [0, 0.05) is 41.3 Å². The molecule has 0 bridgehead atoms. The van der Waals surface area contributed by atoms with Crippen LogP contribution in [0.2, 0.25) is 0 Å². The van der Waals surface area contributed by atoms with Crippen molar-refractivity contribution in [1.29, 1.82) is 0 Å². The average molecular weight is 370 g/mol. The standard InChI is InChI=1S/C20H22N2O3S/c1-14-6-3-4-7-16(14)19-10-11-21(12-13-26-19)20(23)17-8-5-9-18(15(17)2)22(24)25/h3-9,19H,10-13H2,1-2H3. The summed E-state index contributed by atoms with van der Waals surface area (Å²) in [5.74, 6) is 0.746. The van der Waals surface area contributed by atoms with Gasteiger partial charge in [-0.25, -0.2) is 0 Å². The van der Waals surface area contributed by atoms with Gasteiger partial charge in [-0.2, -0.15) is 11.8 Å². The molecule has 2 aromatic rings. The Morgan fingerprint density at radius 1 is 1.15 bits per heavy atom. The summed E-state index contributed by atoms with van der Waals surface area (Å²) in [6.07, 6.45) is 0.884. The molecule has 0 radical (unpaired) electrons. The van der Waals surface area contributed by atoms with Crippen molar-refractivity contribution in [3.8, 4) is 0 Å². The molecular formula is C20H22N2O3S. The van der Waals surface area contributed by atoms with Gasteiger partial charge in [0.05, 0.1) is 4.92 Å². The van der Waals surface area contributed by atoms with Crippen LogP contribution in [-0.2, 0) is 0 Å². The first kappa shape index (κ1) is 18.5. The van der Waals surface area contributed by atoms with Crippen LogP contribution in [0.5, 0.6) is 0 Å². The molecule has 1 aliphatic rings. The van der Waals surface area contributed by atoms with Gasteiger partial charge in [-0.05, 0) is 37.5 Å². The second-order valence-electron chi connectivity index (χ2n) is 6.50. The summed E-state index contributed by atoms with van der Waals surface area (Å²) in [5.41, 5.74) is 3.48. The smallest absolute Gasteiger partial charge is 0.273 e. The number of carbonyl (C=O) groups is 1. The van der Waals surface area contributed by atoms with Crippen LogP contribution in [0.15, 0.2) is 42.5 Å². The van der Waals surface area contributed by atoms with Crippen molar-refractivity contribution < 1.29 is 9.72 Å². The van der Waals surface area contributed by atoms with Crippen LogP contribution in [0.25, 0.3) is 0 Å². The Kier molecular flexibility index (Phi) is 5.61. The number of nitro groups is 1. The molecule has 2 aromatic carbocycles. The van der Waals surface area contributed by atoms with E-state index < -0.39 is 4.92 Å². The first-order valence-electron chi connectivity index (χ1n) is 8.69. The lowest BCUT2D eigenvalue weighted by Gasteiger charge is -2.21. The van der Waals surface area contributed by atoms with Crippen molar-refractivity contribution in [3.05, 3.63) is 74.8 Å². The molecule has 3 rings (SSSR count). The van der Waals surface area contributed by atoms with Gasteiger partial charge in [-0.3, -0.25) is 14.9 Å². The monoisotopic (exact) mass is 370 g/mol. The van der Waals surface area contributed by atoms with Crippen LogP contribution >= 0.6 is 11.8 Å². The second kappa shape index (κ2) is 7.91. The van der Waals surface area contributed by atoms with Crippen LogP contribution in [0.1, 0.15) is 38.7 Å². The van der Waals surface area contributed by atoms with Gasteiger partial charge >= 0.3 is 0 Å². The molecule has 1 saturated heterocycles. The van der Waals surface area contributed by atoms with Crippen molar-refractivity contribution in [2.45, 2.75) is 25.5 Å². The van der Waals surface area contributed by atoms with Crippen molar-refractivity contribution in [1.82, 2.24) is 4.90 Å². The molecule has 0 N–H and O–H groups in total. The van der Waals surface area contributed by atoms with E-state index in [2.05, 4.69) is 25.1 Å². The topological polar surface area (TPSA) is 63.5 Å². The highest BCUT2D eigenvalue weighted by molar-refractivity contribution is 7.99. The van der Waals surface area contributed by atoms with Crippen LogP contribution in [-0.4, -0.2) is 34.6 Å². The molecule has 6 heteroatoms. The fraction of sp³-hybridized carbons (Fsp3) is 0.350. The predicted octanol–water partition coefficient (Wildman–Crippen LogP) is 4.53. The first-order valence-corrected chi connectivity index (χ1v) is 9.74. The lowest BCUT2D eigenvalue weighted by atomic mass is 10.0. The highest BCUT2D eigenvalue weighted by atomic mass is 32.2. The molecule has 26 heavy (non-hydrogen) atoms. The number of hydrogen-bond acceptors (Lipinski definition) is 4. The zero-order valence-corrected chi connectivity index (χ0v) is 15.8. The minimum atomic E-state index is -0.432. The number of nitro benzene ring substituents is 1. The Bertz CT molecular complexity index is 838. The molecule has 136 valence electrons. The van der Waals surface area contributed by atoms with Crippen molar-refractivity contribution in [3.63, 3.8) is 0 Å². The van der Waals surface area contributed by atoms with Crippen molar-refractivity contribution in [2.24, 2.45) is 0 Å². The SMILES string of the molecule is Cc1ccccc1C1CCN(C(=O)c2cccc([N+](=O)[O-])c2C)CCS1. The highest BCUT2D eigenvalue weighted by Crippen LogP contribution is 2.36. The fourth-order valence-corrected chi connectivity index (χ4v) is 4.72. The lowest BCUT2D eigenvalue weighted by Crippen LogP contribution is -2.33. The summed E-state index contributed by atoms with van der Waals surface area (Å²) >= 11 is 1.88. The maximum Gasteiger partial charge on any atom is 0.273 e. The first-order chi connectivity index (χ1) is 12.5. The Labute approximate surface area is 157 Å². The van der Waals surface area contributed by atoms with E-state index in [-0.39, 0.29) is 11.6 Å². The Morgan fingerprint density at radius 2 is 1.92 bits per heavy atom. The van der Waals surface area contributed by atoms with Gasteiger partial charge in [-0.15, -0.1) is 0 Å². The maximum absolute atomic E-state index is 13.0. The number of thioether (sulfide) groups is 1. The molecule has 0 aromatic heterocycles. The third kappa shape index (κ3) is 3.75. The molecule has 0 aliphatic carbocycles. The average Bonchev–Trinajstić information content (AvgIpc) is 2.87. The van der Waals surface area contributed by atoms with Gasteiger partial charge in [0.2, 0.25) is 0 Å². The van der Waals surface area contributed by atoms with E-state index in [4.69, 9.17) is 0 Å². The van der Waals surface area contributed by atoms with Crippen LogP contribution in [0.3, 0.4) is 0 Å². The van der Waals surface area contributed by atoms with E-state index in [0.717, 1.165) is 12.2 Å². The third-order valence-electron chi connectivity index (χ3n) is 4.90. The molecule has 0 saturated carbocycles. The van der Waals surface area contributed by atoms with Gasteiger partial charge in [0.1, 0.15) is 0 Å². The Hall–Kier alpha value is -2.34. The number of carbonyl (C=O) groups excluding carboxylic acids is 1. The Morgan fingerprint density at radius 3 is 2.65 bits per heavy atom. The van der Waals surface area contributed by atoms with Gasteiger partial charge < -0.3 is 4.90 Å². The summed E-state index contributed by atoms with van der Waals surface area (Å²) in [6.45, 7) is 5.09. The molecule has 5 nitrogen and oxygen atoms in total. The van der Waals surface area contributed by atoms with Gasteiger partial charge in [0.15, 0.2) is 0 Å². The van der Waals surface area contributed by atoms with Gasteiger partial charge in [-0.1, -0.05) is 30.3 Å². The minimum Gasteiger partial charge on any atom is -0.338 e. The zero-order chi connectivity index (χ0) is 18.7. The van der Waals surface area contributed by atoms with Crippen LogP contribution in [0.4, 0.5) is 5.69 Å². The molecule has 1 atom stereocenters. The van der Waals surface area contributed by atoms with Crippen molar-refractivity contribution >= 4 is 23.4 Å². The largest absolute Gasteiger partial charge is 0.338 e. The summed E-state index contributed by atoms with van der Waals surface area (Å²) in [7, 11) is 0. The number of hydrogen-bond donors (Lipinski definition) is 0. The molecule has 1 amide bonds. The lowest BCUT2D eigenvalue weighted by molar-refractivity contribution is -0.385. The summed E-state index contributed by atoms with van der Waals surface area (Å²) < 4.78 is 0. The number of aryl methyl sites for hydroxylation is 1. The molecule has 1 unspecified atom stereocenters. The number of rotatable bonds is 3. The zero-order valence-electron chi connectivity index (χ0n) is 15.0. The van der Waals surface area contributed by atoms with Crippen molar-refractivity contribution in [2.75, 3.05) is 18.8 Å². The second-order valence-corrected chi connectivity index (χ2v) is 7.81. The summed E-state index contributed by atoms with van der Waals surface area (Å²) in [6, 6.07) is 13.1. The molecule has 1 aliphatic heterocycles. The van der Waals surface area contributed by atoms with E-state index in [1.807, 2.05) is 22.7 Å². The highest BCUT2D eigenvalue weighted by Gasteiger charge is 2.26. The maximum atomic E-state index is 13.0.